The fourth-order valence-corrected chi connectivity index (χ4v) is 3.80. The first-order valence-electron chi connectivity index (χ1n) is 10.3. The van der Waals surface area contributed by atoms with Crippen molar-refractivity contribution in [3.63, 3.8) is 0 Å². The molecule has 0 aliphatic carbocycles. The number of fused-ring (bicyclic) bond motifs is 1. The van der Waals surface area contributed by atoms with E-state index in [2.05, 4.69) is 19.9 Å². The topological polar surface area (TPSA) is 73.3 Å². The average molecular weight is 446 g/mol. The van der Waals surface area contributed by atoms with Gasteiger partial charge in [0.25, 0.3) is 0 Å². The van der Waals surface area contributed by atoms with Crippen LogP contribution < -0.4 is 4.90 Å². The summed E-state index contributed by atoms with van der Waals surface area (Å²) in [6.45, 7) is 6.31. The monoisotopic (exact) mass is 445 g/mol. The predicted octanol–water partition coefficient (Wildman–Crippen LogP) is 4.13. The molecule has 0 bridgehead atoms. The van der Waals surface area contributed by atoms with Gasteiger partial charge < -0.3 is 14.4 Å². The second kappa shape index (κ2) is 9.38. The van der Waals surface area contributed by atoms with Crippen molar-refractivity contribution in [3.8, 4) is 11.3 Å². The molecule has 1 atom stereocenters. The zero-order valence-electron chi connectivity index (χ0n) is 17.9. The maximum absolute atomic E-state index is 14.8. The lowest BCUT2D eigenvalue weighted by molar-refractivity contribution is 0.0288. The van der Waals surface area contributed by atoms with E-state index in [-0.39, 0.29) is 6.10 Å². The van der Waals surface area contributed by atoms with Crippen LogP contribution in [-0.2, 0) is 9.47 Å². The number of ether oxygens (including phenoxy) is 2. The molecule has 0 radical (unpaired) electrons. The number of anilines is 1. The van der Waals surface area contributed by atoms with Crippen molar-refractivity contribution in [2.24, 2.45) is 0 Å². The van der Waals surface area contributed by atoms with Crippen molar-refractivity contribution >= 4 is 28.7 Å². The molecule has 4 rings (SSSR count). The Balaban J connectivity index is 1.77. The minimum absolute atomic E-state index is 0.0600. The number of hydrogen-bond acceptors (Lipinski definition) is 7. The van der Waals surface area contributed by atoms with Crippen LogP contribution in [0.2, 0.25) is 5.02 Å². The Morgan fingerprint density at radius 1 is 1.19 bits per heavy atom. The molecule has 1 aliphatic rings. The Labute approximate surface area is 185 Å². The summed E-state index contributed by atoms with van der Waals surface area (Å²) >= 11 is 5.96. The Bertz CT molecular complexity index is 1100. The smallest absolute Gasteiger partial charge is 0.228 e. The zero-order chi connectivity index (χ0) is 22.0. The van der Waals surface area contributed by atoms with Crippen molar-refractivity contribution in [1.29, 1.82) is 0 Å². The molecule has 3 heterocycles. The largest absolute Gasteiger partial charge is 0.385 e. The van der Waals surface area contributed by atoms with Gasteiger partial charge in [0.05, 0.1) is 24.1 Å². The Kier molecular flexibility index (Phi) is 6.60. The standard InChI is InChI=1S/C22H25ClFN5O2/c1-13-14(2)26-21-20(25-13)19(17-7-6-15(23)11-18(17)24)27-22(28-21)29-8-10-31-16(12-29)5-4-9-30-3/h6-7,11,16H,4-5,8-10,12H2,1-3H3/t16-/m0/s1. The number of aryl methyl sites for hydroxylation is 2. The first-order valence-corrected chi connectivity index (χ1v) is 10.7. The van der Waals surface area contributed by atoms with E-state index in [0.29, 0.717) is 59.7 Å². The Hall–Kier alpha value is -2.42. The lowest BCUT2D eigenvalue weighted by Gasteiger charge is -2.33. The van der Waals surface area contributed by atoms with Crippen molar-refractivity contribution < 1.29 is 13.9 Å². The second-order valence-corrected chi connectivity index (χ2v) is 8.07. The molecule has 0 N–H and O–H groups in total. The van der Waals surface area contributed by atoms with Crippen LogP contribution in [0.5, 0.6) is 0 Å². The summed E-state index contributed by atoms with van der Waals surface area (Å²) in [6.07, 6.45) is 1.86. The predicted molar refractivity (Wildman–Crippen MR) is 118 cm³/mol. The van der Waals surface area contributed by atoms with Crippen molar-refractivity contribution in [2.75, 3.05) is 38.3 Å². The third kappa shape index (κ3) is 4.76. The van der Waals surface area contributed by atoms with E-state index in [0.717, 1.165) is 24.2 Å². The van der Waals surface area contributed by atoms with Crippen LogP contribution >= 0.6 is 11.6 Å². The first kappa shape index (κ1) is 21.8. The van der Waals surface area contributed by atoms with Crippen LogP contribution in [0.4, 0.5) is 10.3 Å². The normalized spacial score (nSPS) is 16.8. The van der Waals surface area contributed by atoms with Crippen LogP contribution in [0.1, 0.15) is 24.2 Å². The molecule has 2 aromatic heterocycles. The summed E-state index contributed by atoms with van der Waals surface area (Å²) in [7, 11) is 1.69. The number of nitrogens with zero attached hydrogens (tertiary/aromatic N) is 5. The molecule has 1 aromatic carbocycles. The SMILES string of the molecule is COCCC[C@H]1CN(c2nc(-c3ccc(Cl)cc3F)c3nc(C)c(C)nc3n2)CCO1. The van der Waals surface area contributed by atoms with Crippen molar-refractivity contribution in [1.82, 2.24) is 19.9 Å². The van der Waals surface area contributed by atoms with Crippen molar-refractivity contribution in [2.45, 2.75) is 32.8 Å². The number of benzene rings is 1. The van der Waals surface area contributed by atoms with Gasteiger partial charge in [-0.05, 0) is 44.9 Å². The minimum atomic E-state index is -0.460. The molecule has 1 aliphatic heterocycles. The molecule has 164 valence electrons. The number of aromatic nitrogens is 4. The van der Waals surface area contributed by atoms with E-state index in [1.807, 2.05) is 13.8 Å². The van der Waals surface area contributed by atoms with Gasteiger partial charge in [0.2, 0.25) is 5.95 Å². The van der Waals surface area contributed by atoms with Gasteiger partial charge in [-0.2, -0.15) is 4.98 Å². The highest BCUT2D eigenvalue weighted by molar-refractivity contribution is 6.30. The summed E-state index contributed by atoms with van der Waals surface area (Å²) in [5.41, 5.74) is 3.17. The molecule has 0 spiro atoms. The molecular weight excluding hydrogens is 421 g/mol. The highest BCUT2D eigenvalue weighted by Crippen LogP contribution is 2.31. The van der Waals surface area contributed by atoms with Gasteiger partial charge in [0, 0.05) is 37.4 Å². The number of rotatable bonds is 6. The third-order valence-corrected chi connectivity index (χ3v) is 5.65. The van der Waals surface area contributed by atoms with Crippen LogP contribution in [0.15, 0.2) is 18.2 Å². The van der Waals surface area contributed by atoms with Crippen LogP contribution in [0.25, 0.3) is 22.4 Å². The average Bonchev–Trinajstić information content (AvgIpc) is 2.75. The van der Waals surface area contributed by atoms with Gasteiger partial charge in [0.1, 0.15) is 17.0 Å². The molecule has 9 heteroatoms. The van der Waals surface area contributed by atoms with E-state index in [9.17, 15) is 4.39 Å². The molecule has 0 unspecified atom stereocenters. The quantitative estimate of drug-likeness (QED) is 0.528. The fourth-order valence-electron chi connectivity index (χ4n) is 3.64. The minimum Gasteiger partial charge on any atom is -0.385 e. The Morgan fingerprint density at radius 3 is 2.77 bits per heavy atom. The van der Waals surface area contributed by atoms with Gasteiger partial charge in [-0.3, -0.25) is 0 Å². The first-order chi connectivity index (χ1) is 15.0. The molecule has 1 fully saturated rings. The lowest BCUT2D eigenvalue weighted by atomic mass is 10.1. The molecular formula is C22H25ClFN5O2. The van der Waals surface area contributed by atoms with E-state index >= 15 is 0 Å². The van der Waals surface area contributed by atoms with E-state index < -0.39 is 5.82 Å². The summed E-state index contributed by atoms with van der Waals surface area (Å²) in [5, 5.41) is 0.324. The molecule has 7 nitrogen and oxygen atoms in total. The Morgan fingerprint density at radius 2 is 2.00 bits per heavy atom. The summed E-state index contributed by atoms with van der Waals surface area (Å²) in [6, 6.07) is 4.54. The maximum Gasteiger partial charge on any atom is 0.228 e. The zero-order valence-corrected chi connectivity index (χ0v) is 18.6. The molecule has 1 saturated heterocycles. The van der Waals surface area contributed by atoms with Gasteiger partial charge in [-0.1, -0.05) is 11.6 Å². The molecule has 0 amide bonds. The van der Waals surface area contributed by atoms with Gasteiger partial charge in [0.15, 0.2) is 5.65 Å². The van der Waals surface area contributed by atoms with Gasteiger partial charge in [-0.25, -0.2) is 19.3 Å². The van der Waals surface area contributed by atoms with Crippen LogP contribution in [-0.4, -0.2) is 59.5 Å². The number of methoxy groups -OCH3 is 1. The molecule has 31 heavy (non-hydrogen) atoms. The van der Waals surface area contributed by atoms with Crippen molar-refractivity contribution in [3.05, 3.63) is 40.4 Å². The summed E-state index contributed by atoms with van der Waals surface area (Å²) in [4.78, 5) is 20.7. The van der Waals surface area contributed by atoms with E-state index in [1.54, 1.807) is 19.2 Å². The number of halogens is 2. The maximum atomic E-state index is 14.8. The fraction of sp³-hybridized carbons (Fsp3) is 0.455. The molecule has 0 saturated carbocycles. The molecule has 3 aromatic rings. The second-order valence-electron chi connectivity index (χ2n) is 7.64. The summed E-state index contributed by atoms with van der Waals surface area (Å²) in [5.74, 6) is 0.0346. The van der Waals surface area contributed by atoms with Crippen LogP contribution in [0, 0.1) is 19.7 Å². The highest BCUT2D eigenvalue weighted by atomic mass is 35.5. The van der Waals surface area contributed by atoms with Gasteiger partial charge in [-0.15, -0.1) is 0 Å². The third-order valence-electron chi connectivity index (χ3n) is 5.41. The van der Waals surface area contributed by atoms with E-state index in [4.69, 9.17) is 26.1 Å². The lowest BCUT2D eigenvalue weighted by Crippen LogP contribution is -2.43. The van der Waals surface area contributed by atoms with Gasteiger partial charge >= 0.3 is 0 Å². The van der Waals surface area contributed by atoms with E-state index in [1.165, 1.54) is 6.07 Å². The van der Waals surface area contributed by atoms with Crippen LogP contribution in [0.3, 0.4) is 0 Å². The number of morpholine rings is 1. The summed E-state index contributed by atoms with van der Waals surface area (Å²) < 4.78 is 25.8. The number of hydrogen-bond donors (Lipinski definition) is 0. The highest BCUT2D eigenvalue weighted by Gasteiger charge is 2.25.